The molecular formula is C17H24N2O2. The minimum absolute atomic E-state index is 0.0282. The van der Waals surface area contributed by atoms with Crippen molar-refractivity contribution in [3.63, 3.8) is 0 Å². The van der Waals surface area contributed by atoms with Gasteiger partial charge >= 0.3 is 6.03 Å². The van der Waals surface area contributed by atoms with E-state index in [1.54, 1.807) is 13.3 Å². The van der Waals surface area contributed by atoms with Crippen LogP contribution in [0.3, 0.4) is 0 Å². The molecule has 1 saturated heterocycles. The maximum Gasteiger partial charge on any atom is 0.321 e. The molecule has 4 nitrogen and oxygen atoms in total. The zero-order valence-corrected chi connectivity index (χ0v) is 13.0. The number of likely N-dealkylation sites (tertiary alicyclic amines) is 1. The molecule has 0 radical (unpaired) electrons. The number of amides is 2. The molecule has 2 amide bonds. The van der Waals surface area contributed by atoms with Crippen molar-refractivity contribution < 1.29 is 9.53 Å². The minimum atomic E-state index is -0.0282. The molecule has 2 unspecified atom stereocenters. The van der Waals surface area contributed by atoms with Crippen LogP contribution in [0.5, 0.6) is 5.75 Å². The van der Waals surface area contributed by atoms with Crippen LogP contribution in [0, 0.1) is 11.8 Å². The minimum Gasteiger partial charge on any atom is -0.496 e. The Bertz CT molecular complexity index is 503. The fraction of sp³-hybridized carbons (Fsp3) is 0.471. The molecule has 4 heteroatoms. The number of benzene rings is 1. The first-order valence-electron chi connectivity index (χ1n) is 7.45. The number of para-hydroxylation sites is 1. The number of methoxy groups -OCH3 is 1. The lowest BCUT2D eigenvalue weighted by molar-refractivity contribution is 0.149. The SMILES string of the molecule is COc1ccccc1/C=C/NC(=O)N1CC(C)CC(C)C1. The molecule has 0 saturated carbocycles. The summed E-state index contributed by atoms with van der Waals surface area (Å²) in [6.07, 6.45) is 4.73. The molecule has 1 aliphatic heterocycles. The van der Waals surface area contributed by atoms with E-state index in [1.807, 2.05) is 35.2 Å². The molecule has 21 heavy (non-hydrogen) atoms. The van der Waals surface area contributed by atoms with E-state index in [2.05, 4.69) is 19.2 Å². The normalized spacial score (nSPS) is 22.3. The Kier molecular flexibility index (Phi) is 5.26. The second-order valence-corrected chi connectivity index (χ2v) is 5.88. The quantitative estimate of drug-likeness (QED) is 0.926. The number of carbonyl (C=O) groups is 1. The van der Waals surface area contributed by atoms with E-state index in [4.69, 9.17) is 4.74 Å². The van der Waals surface area contributed by atoms with Crippen LogP contribution in [0.2, 0.25) is 0 Å². The summed E-state index contributed by atoms with van der Waals surface area (Å²) in [5.41, 5.74) is 0.945. The van der Waals surface area contributed by atoms with Gasteiger partial charge in [0.2, 0.25) is 0 Å². The van der Waals surface area contributed by atoms with Crippen molar-refractivity contribution >= 4 is 12.1 Å². The second kappa shape index (κ2) is 7.16. The van der Waals surface area contributed by atoms with E-state index >= 15 is 0 Å². The van der Waals surface area contributed by atoms with Crippen LogP contribution in [0.4, 0.5) is 4.79 Å². The smallest absolute Gasteiger partial charge is 0.321 e. The summed E-state index contributed by atoms with van der Waals surface area (Å²) in [5, 5.41) is 2.84. The van der Waals surface area contributed by atoms with Gasteiger partial charge in [0.1, 0.15) is 5.75 Å². The summed E-state index contributed by atoms with van der Waals surface area (Å²) in [4.78, 5) is 14.1. The maximum absolute atomic E-state index is 12.2. The van der Waals surface area contributed by atoms with E-state index < -0.39 is 0 Å². The van der Waals surface area contributed by atoms with Crippen LogP contribution in [-0.4, -0.2) is 31.1 Å². The third-order valence-electron chi connectivity index (χ3n) is 3.76. The highest BCUT2D eigenvalue weighted by Gasteiger charge is 2.24. The van der Waals surface area contributed by atoms with Crippen LogP contribution >= 0.6 is 0 Å². The lowest BCUT2D eigenvalue weighted by Crippen LogP contribution is -2.46. The van der Waals surface area contributed by atoms with Gasteiger partial charge in [-0.05, 0) is 30.4 Å². The molecule has 0 spiro atoms. The van der Waals surface area contributed by atoms with Crippen molar-refractivity contribution in [3.05, 3.63) is 36.0 Å². The van der Waals surface area contributed by atoms with Crippen LogP contribution in [0.25, 0.3) is 6.08 Å². The molecule has 1 aromatic carbocycles. The Morgan fingerprint density at radius 3 is 2.62 bits per heavy atom. The zero-order chi connectivity index (χ0) is 15.2. The molecule has 1 heterocycles. The second-order valence-electron chi connectivity index (χ2n) is 5.88. The van der Waals surface area contributed by atoms with E-state index in [-0.39, 0.29) is 6.03 Å². The molecule has 0 aromatic heterocycles. The lowest BCUT2D eigenvalue weighted by Gasteiger charge is -2.34. The van der Waals surface area contributed by atoms with Gasteiger partial charge in [0.25, 0.3) is 0 Å². The fourth-order valence-electron chi connectivity index (χ4n) is 2.93. The third kappa shape index (κ3) is 4.25. The van der Waals surface area contributed by atoms with Gasteiger partial charge in [-0.3, -0.25) is 0 Å². The Morgan fingerprint density at radius 1 is 1.29 bits per heavy atom. The van der Waals surface area contributed by atoms with Crippen molar-refractivity contribution in [1.82, 2.24) is 10.2 Å². The summed E-state index contributed by atoms with van der Waals surface area (Å²) in [6, 6.07) is 7.69. The number of nitrogens with one attached hydrogen (secondary N) is 1. The Hall–Kier alpha value is -1.97. The maximum atomic E-state index is 12.2. The Morgan fingerprint density at radius 2 is 1.95 bits per heavy atom. The van der Waals surface area contributed by atoms with Crippen molar-refractivity contribution in [2.75, 3.05) is 20.2 Å². The predicted molar refractivity (Wildman–Crippen MR) is 85.1 cm³/mol. The molecule has 1 N–H and O–H groups in total. The number of hydrogen-bond acceptors (Lipinski definition) is 2. The first-order valence-corrected chi connectivity index (χ1v) is 7.45. The lowest BCUT2D eigenvalue weighted by atomic mass is 9.92. The largest absolute Gasteiger partial charge is 0.496 e. The molecule has 0 bridgehead atoms. The van der Waals surface area contributed by atoms with Crippen LogP contribution in [-0.2, 0) is 0 Å². The Labute approximate surface area is 126 Å². The van der Waals surface area contributed by atoms with E-state index in [1.165, 1.54) is 6.42 Å². The van der Waals surface area contributed by atoms with Crippen molar-refractivity contribution in [2.45, 2.75) is 20.3 Å². The van der Waals surface area contributed by atoms with E-state index in [0.717, 1.165) is 24.4 Å². The first-order chi connectivity index (χ1) is 10.1. The number of hydrogen-bond donors (Lipinski definition) is 1. The molecule has 1 fully saturated rings. The van der Waals surface area contributed by atoms with E-state index in [0.29, 0.717) is 11.8 Å². The van der Waals surface area contributed by atoms with Gasteiger partial charge in [0, 0.05) is 24.9 Å². The first kappa shape index (κ1) is 15.4. The summed E-state index contributed by atoms with van der Waals surface area (Å²) < 4.78 is 5.27. The Balaban J connectivity index is 1.93. The highest BCUT2D eigenvalue weighted by atomic mass is 16.5. The summed E-state index contributed by atoms with van der Waals surface area (Å²) in [7, 11) is 1.64. The van der Waals surface area contributed by atoms with Gasteiger partial charge in [0.05, 0.1) is 7.11 Å². The van der Waals surface area contributed by atoms with Crippen molar-refractivity contribution in [1.29, 1.82) is 0 Å². The third-order valence-corrected chi connectivity index (χ3v) is 3.76. The van der Waals surface area contributed by atoms with Crippen LogP contribution in [0.15, 0.2) is 30.5 Å². The molecule has 2 atom stereocenters. The molecular weight excluding hydrogens is 264 g/mol. The zero-order valence-electron chi connectivity index (χ0n) is 13.0. The summed E-state index contributed by atoms with van der Waals surface area (Å²) in [6.45, 7) is 6.05. The van der Waals surface area contributed by atoms with Gasteiger partial charge < -0.3 is 15.0 Å². The van der Waals surface area contributed by atoms with Gasteiger partial charge in [-0.1, -0.05) is 32.0 Å². The van der Waals surface area contributed by atoms with E-state index in [9.17, 15) is 4.79 Å². The van der Waals surface area contributed by atoms with Gasteiger partial charge in [-0.25, -0.2) is 4.79 Å². The molecule has 114 valence electrons. The number of nitrogens with zero attached hydrogens (tertiary/aromatic N) is 1. The predicted octanol–water partition coefficient (Wildman–Crippen LogP) is 3.35. The molecule has 1 aromatic rings. The number of piperidine rings is 1. The number of rotatable bonds is 3. The molecule has 1 aliphatic rings. The average Bonchev–Trinajstić information content (AvgIpc) is 2.46. The summed E-state index contributed by atoms with van der Waals surface area (Å²) in [5.74, 6) is 1.93. The highest BCUT2D eigenvalue weighted by molar-refractivity contribution is 5.76. The standard InChI is InChI=1S/C17H24N2O2/c1-13-10-14(2)12-19(11-13)17(20)18-9-8-15-6-4-5-7-16(15)21-3/h4-9,13-14H,10-12H2,1-3H3,(H,18,20)/b9-8+. The number of urea groups is 1. The summed E-state index contributed by atoms with van der Waals surface area (Å²) >= 11 is 0. The van der Waals surface area contributed by atoms with Crippen LogP contribution in [0.1, 0.15) is 25.8 Å². The number of carbonyl (C=O) groups excluding carboxylic acids is 1. The topological polar surface area (TPSA) is 41.6 Å². The molecule has 0 aliphatic carbocycles. The fourth-order valence-corrected chi connectivity index (χ4v) is 2.93. The highest BCUT2D eigenvalue weighted by Crippen LogP contribution is 2.21. The van der Waals surface area contributed by atoms with Gasteiger partial charge in [-0.15, -0.1) is 0 Å². The number of ether oxygens (including phenoxy) is 1. The molecule has 2 rings (SSSR count). The van der Waals surface area contributed by atoms with Crippen LogP contribution < -0.4 is 10.1 Å². The van der Waals surface area contributed by atoms with Crippen molar-refractivity contribution in [3.8, 4) is 5.75 Å². The average molecular weight is 288 g/mol. The van der Waals surface area contributed by atoms with Crippen molar-refractivity contribution in [2.24, 2.45) is 11.8 Å². The van der Waals surface area contributed by atoms with Gasteiger partial charge in [-0.2, -0.15) is 0 Å². The monoisotopic (exact) mass is 288 g/mol. The van der Waals surface area contributed by atoms with Gasteiger partial charge in [0.15, 0.2) is 0 Å².